The van der Waals surface area contributed by atoms with E-state index in [1.165, 1.54) is 106 Å². The third-order valence-electron chi connectivity index (χ3n) is 15.7. The van der Waals surface area contributed by atoms with E-state index in [4.69, 9.17) is 0 Å². The average Bonchev–Trinajstić information content (AvgIpc) is 3.84. The third-order valence-corrected chi connectivity index (χ3v) is 15.7. The zero-order valence-electron chi connectivity index (χ0n) is 37.0. The van der Waals surface area contributed by atoms with Crippen LogP contribution in [0, 0.1) is 0 Å². The molecule has 0 fully saturated rings. The molecule has 0 aliphatic heterocycles. The molecule has 7 aromatic rings. The highest BCUT2D eigenvalue weighted by Crippen LogP contribution is 2.63. The molecule has 0 aromatic heterocycles. The molecule has 1 nitrogen and oxygen atoms in total. The van der Waals surface area contributed by atoms with Crippen LogP contribution < -0.4 is 4.90 Å². The maximum atomic E-state index is 2.66. The van der Waals surface area contributed by atoms with Crippen molar-refractivity contribution in [2.75, 3.05) is 4.90 Å². The normalized spacial score (nSPS) is 20.3. The molecule has 0 N–H and O–H groups in total. The van der Waals surface area contributed by atoms with E-state index in [0.29, 0.717) is 0 Å². The minimum atomic E-state index is -0.278. The minimum Gasteiger partial charge on any atom is -0.310 e. The fraction of sp³-hybridized carbons (Fsp3) is 0.194. The summed E-state index contributed by atoms with van der Waals surface area (Å²) >= 11 is 0. The number of anilines is 3. The maximum absolute atomic E-state index is 2.66. The molecule has 5 aliphatic carbocycles. The maximum Gasteiger partial charge on any atom is 0.0543 e. The van der Waals surface area contributed by atoms with Crippen molar-refractivity contribution in [1.82, 2.24) is 0 Å². The number of nitrogens with zero attached hydrogens (tertiary/aromatic N) is 1. The minimum absolute atomic E-state index is 0.118. The number of fused-ring (bicyclic) bond motifs is 9. The summed E-state index contributed by atoms with van der Waals surface area (Å²) in [4.78, 5) is 2.66. The Morgan fingerprint density at radius 1 is 0.508 bits per heavy atom. The fourth-order valence-corrected chi connectivity index (χ4v) is 12.5. The van der Waals surface area contributed by atoms with Crippen molar-refractivity contribution in [3.8, 4) is 33.4 Å². The molecule has 1 heteroatoms. The lowest BCUT2D eigenvalue weighted by Crippen LogP contribution is -2.27. The van der Waals surface area contributed by atoms with Gasteiger partial charge in [0, 0.05) is 33.4 Å². The van der Waals surface area contributed by atoms with E-state index in [-0.39, 0.29) is 22.2 Å². The molecule has 0 heterocycles. The number of allylic oxidation sites excluding steroid dienone is 8. The second-order valence-corrected chi connectivity index (χ2v) is 19.6. The third kappa shape index (κ3) is 5.42. The zero-order valence-corrected chi connectivity index (χ0v) is 37.0. The summed E-state index contributed by atoms with van der Waals surface area (Å²) in [5.74, 6) is 0.254. The highest BCUT2D eigenvalue weighted by Gasteiger charge is 2.50. The first-order valence-corrected chi connectivity index (χ1v) is 23.0. The Hall–Kier alpha value is -6.70. The Kier molecular flexibility index (Phi) is 8.39. The van der Waals surface area contributed by atoms with Crippen LogP contribution in [-0.2, 0) is 16.2 Å². The molecule has 0 amide bonds. The average molecular weight is 812 g/mol. The Morgan fingerprint density at radius 3 is 1.92 bits per heavy atom. The van der Waals surface area contributed by atoms with Crippen molar-refractivity contribution in [2.24, 2.45) is 0 Å². The van der Waals surface area contributed by atoms with Gasteiger partial charge >= 0.3 is 0 Å². The molecule has 63 heavy (non-hydrogen) atoms. The second kappa shape index (κ2) is 13.9. The van der Waals surface area contributed by atoms with Gasteiger partial charge in [0.05, 0.1) is 11.4 Å². The van der Waals surface area contributed by atoms with E-state index < -0.39 is 0 Å². The molecular formula is C62H53N. The highest BCUT2D eigenvalue weighted by molar-refractivity contribution is 5.97. The van der Waals surface area contributed by atoms with Gasteiger partial charge < -0.3 is 4.90 Å². The fourth-order valence-electron chi connectivity index (χ4n) is 12.5. The topological polar surface area (TPSA) is 3.24 Å². The summed E-state index contributed by atoms with van der Waals surface area (Å²) in [5.41, 5.74) is 25.3. The molecule has 306 valence electrons. The summed E-state index contributed by atoms with van der Waals surface area (Å²) in [5, 5.41) is 0. The first-order chi connectivity index (χ1) is 30.7. The summed E-state index contributed by atoms with van der Waals surface area (Å²) < 4.78 is 0. The largest absolute Gasteiger partial charge is 0.310 e. The number of rotatable bonds is 6. The van der Waals surface area contributed by atoms with Gasteiger partial charge in [0.25, 0.3) is 0 Å². The summed E-state index contributed by atoms with van der Waals surface area (Å²) in [6.45, 7) is 12.2. The number of hydrogen-bond acceptors (Lipinski definition) is 1. The first-order valence-electron chi connectivity index (χ1n) is 23.0. The molecule has 7 aromatic carbocycles. The lowest BCUT2D eigenvalue weighted by molar-refractivity contribution is 0.613. The summed E-state index contributed by atoms with van der Waals surface area (Å²) in [6, 6.07) is 59.8. The van der Waals surface area contributed by atoms with Crippen LogP contribution in [0.5, 0.6) is 0 Å². The number of benzene rings is 7. The predicted molar refractivity (Wildman–Crippen MR) is 265 cm³/mol. The molecule has 2 atom stereocenters. The lowest BCUT2D eigenvalue weighted by Gasteiger charge is -2.36. The van der Waals surface area contributed by atoms with Gasteiger partial charge in [-0.1, -0.05) is 192 Å². The first kappa shape index (κ1) is 38.0. The Balaban J connectivity index is 1.10. The van der Waals surface area contributed by atoms with Crippen LogP contribution in [0.1, 0.15) is 98.7 Å². The van der Waals surface area contributed by atoms with Crippen molar-refractivity contribution in [3.63, 3.8) is 0 Å². The van der Waals surface area contributed by atoms with Crippen LogP contribution >= 0.6 is 0 Å². The highest BCUT2D eigenvalue weighted by atomic mass is 15.2. The molecule has 5 aliphatic rings. The van der Waals surface area contributed by atoms with Gasteiger partial charge in [-0.05, 0) is 134 Å². The summed E-state index contributed by atoms with van der Waals surface area (Å²) in [7, 11) is 0. The van der Waals surface area contributed by atoms with Gasteiger partial charge in [-0.15, -0.1) is 0 Å². The van der Waals surface area contributed by atoms with Crippen molar-refractivity contribution in [2.45, 2.75) is 76.0 Å². The van der Waals surface area contributed by atoms with Gasteiger partial charge in [0.1, 0.15) is 0 Å². The molecule has 0 radical (unpaired) electrons. The smallest absolute Gasteiger partial charge is 0.0543 e. The van der Waals surface area contributed by atoms with Crippen molar-refractivity contribution in [1.29, 1.82) is 0 Å². The van der Waals surface area contributed by atoms with Crippen LogP contribution in [0.4, 0.5) is 17.1 Å². The molecule has 12 rings (SSSR count). The van der Waals surface area contributed by atoms with E-state index in [1.807, 2.05) is 0 Å². The molecule has 0 saturated carbocycles. The quantitative estimate of drug-likeness (QED) is 0.162. The van der Waals surface area contributed by atoms with Crippen molar-refractivity contribution < 1.29 is 0 Å². The molecular weight excluding hydrogens is 759 g/mol. The van der Waals surface area contributed by atoms with Crippen LogP contribution in [0.15, 0.2) is 199 Å². The standard InChI is InChI=1S/C62H53N/c1-60(2)50-26-14-11-23-47(50)58-53(60)29-17-31-56(58)63(43-37-38-46-45-22-10-13-25-49(45)61(3,4)55(46)39-43)57-32-18-30-54-59(57)48-24-12-16-28-52(48)62(54,5)51-27-15-9-21-44(51)42-35-33-41(34-36-42)40-19-7-6-8-20-40/h6-14,16-23,25-26,28-39,48H,15,24,27H2,1-5H3. The Labute approximate surface area is 373 Å². The van der Waals surface area contributed by atoms with E-state index >= 15 is 0 Å². The molecule has 0 saturated heterocycles. The monoisotopic (exact) mass is 811 g/mol. The van der Waals surface area contributed by atoms with Crippen molar-refractivity contribution in [3.05, 3.63) is 238 Å². The van der Waals surface area contributed by atoms with Crippen molar-refractivity contribution >= 4 is 22.6 Å². The Bertz CT molecular complexity index is 3150. The Morgan fingerprint density at radius 2 is 1.13 bits per heavy atom. The van der Waals surface area contributed by atoms with Gasteiger partial charge in [0.2, 0.25) is 0 Å². The molecule has 0 bridgehead atoms. The van der Waals surface area contributed by atoms with E-state index in [0.717, 1.165) is 19.3 Å². The molecule has 2 unspecified atom stereocenters. The van der Waals surface area contributed by atoms with E-state index in [2.05, 4.69) is 228 Å². The second-order valence-electron chi connectivity index (χ2n) is 19.6. The summed E-state index contributed by atoms with van der Waals surface area (Å²) in [6.07, 6.45) is 15.1. The van der Waals surface area contributed by atoms with Gasteiger partial charge in [-0.2, -0.15) is 0 Å². The molecule has 0 spiro atoms. The van der Waals surface area contributed by atoms with E-state index in [1.54, 1.807) is 0 Å². The van der Waals surface area contributed by atoms with Gasteiger partial charge in [-0.25, -0.2) is 0 Å². The van der Waals surface area contributed by atoms with Crippen LogP contribution in [0.2, 0.25) is 0 Å². The SMILES string of the molecule is CC1(C2=C(c3ccc(-c4ccccc4)cc3)C=CCC2)C2=CC=CCC2c2c(N(c3ccc4c(c3)C(C)(C)c3ccccc3-4)c3cccc4c3-c3ccccc3C4(C)C)cccc21. The number of hydrogen-bond donors (Lipinski definition) is 0. The van der Waals surface area contributed by atoms with Gasteiger partial charge in [-0.3, -0.25) is 0 Å². The van der Waals surface area contributed by atoms with Crippen LogP contribution in [-0.4, -0.2) is 0 Å². The lowest BCUT2D eigenvalue weighted by atomic mass is 9.67. The van der Waals surface area contributed by atoms with E-state index in [9.17, 15) is 0 Å². The predicted octanol–water partition coefficient (Wildman–Crippen LogP) is 16.5. The van der Waals surface area contributed by atoms with Gasteiger partial charge in [0.15, 0.2) is 0 Å². The zero-order chi connectivity index (χ0) is 42.7. The van der Waals surface area contributed by atoms with Crippen LogP contribution in [0.25, 0.3) is 39.0 Å². The van der Waals surface area contributed by atoms with Crippen LogP contribution in [0.3, 0.4) is 0 Å².